The van der Waals surface area contributed by atoms with Gasteiger partial charge in [0.05, 0.1) is 5.69 Å². The highest BCUT2D eigenvalue weighted by Crippen LogP contribution is 2.31. The first-order valence-corrected chi connectivity index (χ1v) is 6.47. The second-order valence-corrected chi connectivity index (χ2v) is 4.84. The summed E-state index contributed by atoms with van der Waals surface area (Å²) in [7, 11) is 2.02. The molecular formula is C11H18BrN3. The Balaban J connectivity index is 2.39. The van der Waals surface area contributed by atoms with Crippen LogP contribution in [0.5, 0.6) is 0 Å². The van der Waals surface area contributed by atoms with Gasteiger partial charge in [0.15, 0.2) is 0 Å². The Morgan fingerprint density at radius 2 is 2.40 bits per heavy atom. The largest absolute Gasteiger partial charge is 0.327 e. The van der Waals surface area contributed by atoms with Gasteiger partial charge < -0.3 is 9.88 Å². The van der Waals surface area contributed by atoms with Crippen molar-refractivity contribution in [2.45, 2.75) is 38.6 Å². The van der Waals surface area contributed by atoms with E-state index in [4.69, 9.17) is 0 Å². The fourth-order valence-corrected chi connectivity index (χ4v) is 3.05. The summed E-state index contributed by atoms with van der Waals surface area (Å²) >= 11 is 3.57. The number of rotatable bonds is 3. The minimum atomic E-state index is 0.590. The maximum absolute atomic E-state index is 4.60. The summed E-state index contributed by atoms with van der Waals surface area (Å²) in [6, 6.07) is 0.590. The van der Waals surface area contributed by atoms with E-state index in [0.29, 0.717) is 6.04 Å². The molecule has 3 nitrogen and oxygen atoms in total. The van der Waals surface area contributed by atoms with Crippen LogP contribution in [0.1, 0.15) is 37.3 Å². The van der Waals surface area contributed by atoms with Gasteiger partial charge in [0.1, 0.15) is 10.4 Å². The van der Waals surface area contributed by atoms with E-state index < -0.39 is 0 Å². The van der Waals surface area contributed by atoms with Crippen LogP contribution in [0.4, 0.5) is 0 Å². The van der Waals surface area contributed by atoms with E-state index in [2.05, 4.69) is 37.7 Å². The van der Waals surface area contributed by atoms with Crippen molar-refractivity contribution in [3.63, 3.8) is 0 Å². The Hall–Kier alpha value is -0.350. The van der Waals surface area contributed by atoms with Gasteiger partial charge in [-0.1, -0.05) is 6.92 Å². The zero-order chi connectivity index (χ0) is 10.8. The lowest BCUT2D eigenvalue weighted by Crippen LogP contribution is -2.28. The molecule has 1 aromatic heterocycles. The first-order chi connectivity index (χ1) is 7.27. The van der Waals surface area contributed by atoms with Crippen LogP contribution in [-0.4, -0.2) is 23.1 Å². The van der Waals surface area contributed by atoms with Gasteiger partial charge in [-0.3, -0.25) is 0 Å². The summed E-state index contributed by atoms with van der Waals surface area (Å²) in [5.41, 5.74) is 1.39. The fourth-order valence-electron chi connectivity index (χ4n) is 2.45. The highest BCUT2D eigenvalue weighted by molar-refractivity contribution is 9.10. The number of hydrogen-bond donors (Lipinski definition) is 1. The molecule has 1 atom stereocenters. The van der Waals surface area contributed by atoms with Crippen molar-refractivity contribution in [3.05, 3.63) is 16.1 Å². The average molecular weight is 272 g/mol. The van der Waals surface area contributed by atoms with Crippen molar-refractivity contribution < 1.29 is 0 Å². The van der Waals surface area contributed by atoms with E-state index in [1.54, 1.807) is 0 Å². The maximum Gasteiger partial charge on any atom is 0.127 e. The Bertz CT molecular complexity index is 346. The van der Waals surface area contributed by atoms with Gasteiger partial charge in [0.25, 0.3) is 0 Å². The van der Waals surface area contributed by atoms with Crippen molar-refractivity contribution in [2.24, 2.45) is 0 Å². The summed E-state index contributed by atoms with van der Waals surface area (Å²) in [6.45, 7) is 3.22. The average Bonchev–Trinajstić information content (AvgIpc) is 2.58. The van der Waals surface area contributed by atoms with Crippen LogP contribution < -0.4 is 5.32 Å². The fraction of sp³-hybridized carbons (Fsp3) is 0.727. The number of nitrogens with one attached hydrogen (secondary N) is 1. The smallest absolute Gasteiger partial charge is 0.127 e. The molecular weight excluding hydrogens is 254 g/mol. The Morgan fingerprint density at radius 1 is 1.60 bits per heavy atom. The molecule has 1 aromatic rings. The minimum absolute atomic E-state index is 0.590. The third-order valence-corrected chi connectivity index (χ3v) is 3.74. The van der Waals surface area contributed by atoms with Crippen molar-refractivity contribution in [1.82, 2.24) is 14.9 Å². The Morgan fingerprint density at radius 3 is 3.07 bits per heavy atom. The molecule has 0 spiro atoms. The maximum atomic E-state index is 4.60. The molecule has 1 unspecified atom stereocenters. The third-order valence-electron chi connectivity index (χ3n) is 3.11. The quantitative estimate of drug-likeness (QED) is 0.915. The molecule has 15 heavy (non-hydrogen) atoms. The van der Waals surface area contributed by atoms with Crippen molar-refractivity contribution in [3.8, 4) is 0 Å². The normalized spacial score (nSPS) is 20.3. The standard InChI is InChI=1S/C11H18BrN3/c1-3-10-14-11(12)9-6-4-5-8(7-13-2)15(9)10/h8,13H,3-7H2,1-2H3. The molecule has 0 amide bonds. The topological polar surface area (TPSA) is 29.9 Å². The predicted molar refractivity (Wildman–Crippen MR) is 65.2 cm³/mol. The van der Waals surface area contributed by atoms with Gasteiger partial charge in [0, 0.05) is 19.0 Å². The van der Waals surface area contributed by atoms with Gasteiger partial charge in [-0.25, -0.2) is 4.98 Å². The molecule has 4 heteroatoms. The molecule has 0 aliphatic carbocycles. The molecule has 1 N–H and O–H groups in total. The van der Waals surface area contributed by atoms with E-state index in [-0.39, 0.29) is 0 Å². The van der Waals surface area contributed by atoms with Gasteiger partial charge in [-0.15, -0.1) is 0 Å². The predicted octanol–water partition coefficient (Wildman–Crippen LogP) is 2.30. The van der Waals surface area contributed by atoms with E-state index in [1.165, 1.54) is 24.4 Å². The van der Waals surface area contributed by atoms with Gasteiger partial charge in [0.2, 0.25) is 0 Å². The lowest BCUT2D eigenvalue weighted by molar-refractivity contribution is 0.380. The monoisotopic (exact) mass is 271 g/mol. The van der Waals surface area contributed by atoms with E-state index in [9.17, 15) is 0 Å². The zero-order valence-electron chi connectivity index (χ0n) is 9.39. The SMILES string of the molecule is CCc1nc(Br)c2n1C(CNC)CCC2. The highest BCUT2D eigenvalue weighted by atomic mass is 79.9. The molecule has 0 aromatic carbocycles. The highest BCUT2D eigenvalue weighted by Gasteiger charge is 2.24. The lowest BCUT2D eigenvalue weighted by atomic mass is 10.0. The van der Waals surface area contributed by atoms with Gasteiger partial charge >= 0.3 is 0 Å². The molecule has 0 saturated carbocycles. The number of halogens is 1. The van der Waals surface area contributed by atoms with Crippen LogP contribution in [-0.2, 0) is 12.8 Å². The van der Waals surface area contributed by atoms with Gasteiger partial charge in [-0.2, -0.15) is 0 Å². The molecule has 84 valence electrons. The number of fused-ring (bicyclic) bond motifs is 1. The summed E-state index contributed by atoms with van der Waals surface area (Å²) < 4.78 is 3.49. The van der Waals surface area contributed by atoms with E-state index >= 15 is 0 Å². The second kappa shape index (κ2) is 4.66. The number of aryl methyl sites for hydroxylation is 1. The summed E-state index contributed by atoms with van der Waals surface area (Å²) in [6.07, 6.45) is 4.72. The first kappa shape index (κ1) is 11.1. The molecule has 0 saturated heterocycles. The van der Waals surface area contributed by atoms with Crippen molar-refractivity contribution in [2.75, 3.05) is 13.6 Å². The minimum Gasteiger partial charge on any atom is -0.327 e. The summed E-state index contributed by atoms with van der Waals surface area (Å²) in [5.74, 6) is 1.22. The molecule has 1 aliphatic rings. The molecule has 2 heterocycles. The first-order valence-electron chi connectivity index (χ1n) is 5.68. The molecule has 2 rings (SSSR count). The number of aromatic nitrogens is 2. The van der Waals surface area contributed by atoms with Crippen LogP contribution in [0.15, 0.2) is 4.60 Å². The van der Waals surface area contributed by atoms with E-state index in [0.717, 1.165) is 24.0 Å². The second-order valence-electron chi connectivity index (χ2n) is 4.09. The zero-order valence-corrected chi connectivity index (χ0v) is 11.0. The van der Waals surface area contributed by atoms with Crippen molar-refractivity contribution in [1.29, 1.82) is 0 Å². The van der Waals surface area contributed by atoms with Crippen LogP contribution in [0.25, 0.3) is 0 Å². The number of hydrogen-bond acceptors (Lipinski definition) is 2. The number of likely N-dealkylation sites (N-methyl/N-ethyl adjacent to an activating group) is 1. The van der Waals surface area contributed by atoms with Crippen LogP contribution >= 0.6 is 15.9 Å². The van der Waals surface area contributed by atoms with Crippen LogP contribution in [0.2, 0.25) is 0 Å². The van der Waals surface area contributed by atoms with Crippen LogP contribution in [0.3, 0.4) is 0 Å². The summed E-state index contributed by atoms with van der Waals surface area (Å²) in [5, 5.41) is 3.27. The number of imidazole rings is 1. The number of nitrogens with zero attached hydrogens (tertiary/aromatic N) is 2. The lowest BCUT2D eigenvalue weighted by Gasteiger charge is -2.27. The summed E-state index contributed by atoms with van der Waals surface area (Å²) in [4.78, 5) is 4.60. The van der Waals surface area contributed by atoms with E-state index in [1.807, 2.05) is 7.05 Å². The molecule has 0 bridgehead atoms. The van der Waals surface area contributed by atoms with Crippen LogP contribution in [0, 0.1) is 0 Å². The molecule has 1 aliphatic heterocycles. The molecule has 0 radical (unpaired) electrons. The van der Waals surface area contributed by atoms with Gasteiger partial charge in [-0.05, 0) is 42.2 Å². The molecule has 0 fully saturated rings. The Kier molecular flexibility index (Phi) is 3.46. The van der Waals surface area contributed by atoms with Crippen molar-refractivity contribution >= 4 is 15.9 Å². The Labute approximate surface area is 99.4 Å². The third kappa shape index (κ3) is 1.97.